The summed E-state index contributed by atoms with van der Waals surface area (Å²) in [6.07, 6.45) is 1.92. The molecule has 0 saturated carbocycles. The molecule has 4 rings (SSSR count). The fraction of sp³-hybridized carbons (Fsp3) is 0.474. The van der Waals surface area contributed by atoms with Crippen LogP contribution in [0.1, 0.15) is 34.6 Å². The number of likely N-dealkylation sites (tertiary alicyclic amines) is 1. The van der Waals surface area contributed by atoms with Gasteiger partial charge in [-0.25, -0.2) is 0 Å². The van der Waals surface area contributed by atoms with Crippen molar-refractivity contribution < 1.29 is 4.79 Å². The van der Waals surface area contributed by atoms with Crippen molar-refractivity contribution in [2.24, 2.45) is 5.73 Å². The lowest BCUT2D eigenvalue weighted by Gasteiger charge is -2.19. The van der Waals surface area contributed by atoms with E-state index in [0.29, 0.717) is 12.2 Å². The molecule has 0 bridgehead atoms. The number of hydrogen-bond donors (Lipinski definition) is 1. The van der Waals surface area contributed by atoms with Crippen LogP contribution in [-0.4, -0.2) is 51.2 Å². The normalized spacial score (nSPS) is 21.2. The van der Waals surface area contributed by atoms with Gasteiger partial charge in [0, 0.05) is 45.3 Å². The Hall–Kier alpha value is -2.18. The minimum Gasteiger partial charge on any atom is -0.336 e. The molecule has 2 N–H and O–H groups in total. The van der Waals surface area contributed by atoms with Crippen molar-refractivity contribution in [3.05, 3.63) is 53.3 Å². The predicted octanol–water partition coefficient (Wildman–Crippen LogP) is 1.46. The topological polar surface area (TPSA) is 67.4 Å². The highest BCUT2D eigenvalue weighted by atomic mass is 16.2. The maximum atomic E-state index is 12.6. The molecular formula is C19H25N5O. The maximum absolute atomic E-state index is 12.6. The molecule has 0 unspecified atom stereocenters. The third-order valence-corrected chi connectivity index (χ3v) is 5.07. The van der Waals surface area contributed by atoms with Crippen molar-refractivity contribution in [2.75, 3.05) is 19.6 Å². The Morgan fingerprint density at radius 3 is 2.80 bits per heavy atom. The molecule has 3 heterocycles. The SMILES string of the molecule is N[C@@H]1CCN(C(=O)c2cc3n(n2)CCCN(Cc2ccccc2)C3)C1. The van der Waals surface area contributed by atoms with Crippen molar-refractivity contribution in [3.8, 4) is 0 Å². The van der Waals surface area contributed by atoms with Crippen molar-refractivity contribution in [2.45, 2.75) is 38.5 Å². The molecule has 2 aliphatic rings. The van der Waals surface area contributed by atoms with Crippen LogP contribution in [0.3, 0.4) is 0 Å². The molecule has 0 aliphatic carbocycles. The van der Waals surface area contributed by atoms with Gasteiger partial charge < -0.3 is 10.6 Å². The molecule has 132 valence electrons. The Morgan fingerprint density at radius 1 is 1.20 bits per heavy atom. The average Bonchev–Trinajstić information content (AvgIpc) is 3.17. The van der Waals surface area contributed by atoms with Crippen molar-refractivity contribution in [3.63, 3.8) is 0 Å². The lowest BCUT2D eigenvalue weighted by atomic mass is 10.2. The Bertz CT molecular complexity index is 742. The monoisotopic (exact) mass is 339 g/mol. The quantitative estimate of drug-likeness (QED) is 0.919. The number of fused-ring (bicyclic) bond motifs is 1. The zero-order valence-corrected chi connectivity index (χ0v) is 14.5. The number of nitrogens with zero attached hydrogens (tertiary/aromatic N) is 4. The lowest BCUT2D eigenvalue weighted by molar-refractivity contribution is 0.0784. The molecule has 1 saturated heterocycles. The van der Waals surface area contributed by atoms with E-state index < -0.39 is 0 Å². The van der Waals surface area contributed by atoms with Crippen LogP contribution in [0.25, 0.3) is 0 Å². The number of aromatic nitrogens is 2. The zero-order valence-electron chi connectivity index (χ0n) is 14.5. The van der Waals surface area contributed by atoms with Gasteiger partial charge in [0.2, 0.25) is 0 Å². The molecule has 1 amide bonds. The zero-order chi connectivity index (χ0) is 17.2. The second-order valence-electron chi connectivity index (χ2n) is 7.09. The van der Waals surface area contributed by atoms with Gasteiger partial charge in [-0.2, -0.15) is 5.10 Å². The summed E-state index contributed by atoms with van der Waals surface area (Å²) in [5, 5.41) is 4.58. The third-order valence-electron chi connectivity index (χ3n) is 5.07. The number of nitrogens with two attached hydrogens (primary N) is 1. The first kappa shape index (κ1) is 16.3. The van der Waals surface area contributed by atoms with E-state index in [-0.39, 0.29) is 11.9 Å². The maximum Gasteiger partial charge on any atom is 0.274 e. The molecule has 1 aromatic heterocycles. The van der Waals surface area contributed by atoms with E-state index in [2.05, 4.69) is 34.3 Å². The summed E-state index contributed by atoms with van der Waals surface area (Å²) < 4.78 is 2.01. The number of hydrogen-bond acceptors (Lipinski definition) is 4. The molecule has 25 heavy (non-hydrogen) atoms. The highest BCUT2D eigenvalue weighted by molar-refractivity contribution is 5.92. The van der Waals surface area contributed by atoms with Crippen LogP contribution in [0.4, 0.5) is 0 Å². The van der Waals surface area contributed by atoms with Gasteiger partial charge in [-0.05, 0) is 24.5 Å². The van der Waals surface area contributed by atoms with Crippen LogP contribution in [-0.2, 0) is 19.6 Å². The van der Waals surface area contributed by atoms with Gasteiger partial charge in [0.05, 0.1) is 5.69 Å². The van der Waals surface area contributed by atoms with Gasteiger partial charge in [0.15, 0.2) is 5.69 Å². The summed E-state index contributed by atoms with van der Waals surface area (Å²) in [6.45, 7) is 5.05. The van der Waals surface area contributed by atoms with Gasteiger partial charge in [-0.1, -0.05) is 30.3 Å². The van der Waals surface area contributed by atoms with Gasteiger partial charge in [-0.3, -0.25) is 14.4 Å². The predicted molar refractivity (Wildman–Crippen MR) is 95.9 cm³/mol. The third kappa shape index (κ3) is 3.60. The fourth-order valence-corrected chi connectivity index (χ4v) is 3.74. The first-order valence-corrected chi connectivity index (χ1v) is 9.07. The number of rotatable bonds is 3. The number of amides is 1. The Balaban J connectivity index is 1.48. The Labute approximate surface area is 148 Å². The molecule has 2 aliphatic heterocycles. The lowest BCUT2D eigenvalue weighted by Crippen LogP contribution is -2.32. The van der Waals surface area contributed by atoms with E-state index in [1.807, 2.05) is 21.7 Å². The van der Waals surface area contributed by atoms with E-state index >= 15 is 0 Å². The van der Waals surface area contributed by atoms with Gasteiger partial charge >= 0.3 is 0 Å². The van der Waals surface area contributed by atoms with Gasteiger partial charge in [0.1, 0.15) is 0 Å². The van der Waals surface area contributed by atoms with Crippen LogP contribution in [0.5, 0.6) is 0 Å². The highest BCUT2D eigenvalue weighted by Gasteiger charge is 2.27. The van der Waals surface area contributed by atoms with E-state index in [1.165, 1.54) is 5.56 Å². The second-order valence-corrected chi connectivity index (χ2v) is 7.09. The van der Waals surface area contributed by atoms with Crippen LogP contribution in [0.15, 0.2) is 36.4 Å². The van der Waals surface area contributed by atoms with E-state index in [0.717, 1.165) is 51.3 Å². The van der Waals surface area contributed by atoms with E-state index in [4.69, 9.17) is 5.73 Å². The van der Waals surface area contributed by atoms with Gasteiger partial charge in [-0.15, -0.1) is 0 Å². The van der Waals surface area contributed by atoms with Crippen LogP contribution >= 0.6 is 0 Å². The Morgan fingerprint density at radius 2 is 2.04 bits per heavy atom. The molecule has 1 fully saturated rings. The van der Waals surface area contributed by atoms with Crippen LogP contribution in [0.2, 0.25) is 0 Å². The molecular weight excluding hydrogens is 314 g/mol. The second kappa shape index (κ2) is 6.98. The minimum atomic E-state index is 0.0168. The van der Waals surface area contributed by atoms with E-state index in [9.17, 15) is 4.79 Å². The highest BCUT2D eigenvalue weighted by Crippen LogP contribution is 2.18. The molecule has 1 aromatic carbocycles. The van der Waals surface area contributed by atoms with Gasteiger partial charge in [0.25, 0.3) is 5.91 Å². The number of carbonyl (C=O) groups excluding carboxylic acids is 1. The summed E-state index contributed by atoms with van der Waals surface area (Å²) in [6, 6.07) is 12.6. The number of carbonyl (C=O) groups is 1. The number of benzene rings is 1. The van der Waals surface area contributed by atoms with Crippen molar-refractivity contribution in [1.29, 1.82) is 0 Å². The summed E-state index contributed by atoms with van der Waals surface area (Å²) in [5.41, 5.74) is 8.93. The average molecular weight is 339 g/mol. The summed E-state index contributed by atoms with van der Waals surface area (Å²) in [4.78, 5) is 16.9. The smallest absolute Gasteiger partial charge is 0.274 e. The largest absolute Gasteiger partial charge is 0.336 e. The first-order valence-electron chi connectivity index (χ1n) is 9.07. The molecule has 0 radical (unpaired) electrons. The summed E-state index contributed by atoms with van der Waals surface area (Å²) in [7, 11) is 0. The van der Waals surface area contributed by atoms with E-state index in [1.54, 1.807) is 0 Å². The number of aryl methyl sites for hydroxylation is 1. The summed E-state index contributed by atoms with van der Waals surface area (Å²) in [5.74, 6) is 0.0168. The van der Waals surface area contributed by atoms with Crippen molar-refractivity contribution >= 4 is 5.91 Å². The fourth-order valence-electron chi connectivity index (χ4n) is 3.74. The molecule has 6 nitrogen and oxygen atoms in total. The molecule has 1 atom stereocenters. The standard InChI is InChI=1S/C19H25N5O/c20-16-7-10-23(13-16)19(25)18-11-17-14-22(8-4-9-24(17)21-18)12-15-5-2-1-3-6-15/h1-3,5-6,11,16H,4,7-10,12-14,20H2/t16-/m1/s1. The first-order chi connectivity index (χ1) is 12.2. The summed E-state index contributed by atoms with van der Waals surface area (Å²) >= 11 is 0. The van der Waals surface area contributed by atoms with Crippen LogP contribution < -0.4 is 5.73 Å². The molecule has 0 spiro atoms. The Kier molecular flexibility index (Phi) is 4.55. The van der Waals surface area contributed by atoms with Crippen LogP contribution in [0, 0.1) is 0 Å². The molecule has 2 aromatic rings. The van der Waals surface area contributed by atoms with Crippen molar-refractivity contribution in [1.82, 2.24) is 19.6 Å². The minimum absolute atomic E-state index is 0.0168. The molecule has 6 heteroatoms.